The second-order valence-electron chi connectivity index (χ2n) is 5.33. The second kappa shape index (κ2) is 6.70. The number of nitrogens with zero attached hydrogens (tertiary/aromatic N) is 1. The van der Waals surface area contributed by atoms with E-state index in [2.05, 4.69) is 5.16 Å². The van der Waals surface area contributed by atoms with Crippen molar-refractivity contribution in [3.63, 3.8) is 0 Å². The van der Waals surface area contributed by atoms with Gasteiger partial charge < -0.3 is 24.2 Å². The van der Waals surface area contributed by atoms with E-state index in [1.54, 1.807) is 33.5 Å². The van der Waals surface area contributed by atoms with E-state index in [0.717, 1.165) is 11.3 Å². The number of methoxy groups -OCH3 is 3. The number of rotatable bonds is 4. The third-order valence-corrected chi connectivity index (χ3v) is 4.04. The molecule has 1 N–H and O–H groups in total. The Morgan fingerprint density at radius 3 is 2.29 bits per heavy atom. The van der Waals surface area contributed by atoms with Crippen molar-refractivity contribution in [3.05, 3.63) is 47.5 Å². The van der Waals surface area contributed by atoms with Crippen LogP contribution in [0.4, 0.5) is 0 Å². The van der Waals surface area contributed by atoms with E-state index < -0.39 is 0 Å². The van der Waals surface area contributed by atoms with Crippen LogP contribution in [-0.4, -0.2) is 32.2 Å². The summed E-state index contributed by atoms with van der Waals surface area (Å²) in [6.07, 6.45) is 0.157. The molecule has 1 atom stereocenters. The molecule has 2 aromatic rings. The van der Waals surface area contributed by atoms with Crippen LogP contribution in [0.1, 0.15) is 23.7 Å². The lowest BCUT2D eigenvalue weighted by Gasteiger charge is -2.28. The predicted molar refractivity (Wildman–Crippen MR) is 88.8 cm³/mol. The predicted octanol–water partition coefficient (Wildman–Crippen LogP) is 3.41. The van der Waals surface area contributed by atoms with Crippen molar-refractivity contribution in [1.29, 1.82) is 0 Å². The summed E-state index contributed by atoms with van der Waals surface area (Å²) in [6.45, 7) is 0. The van der Waals surface area contributed by atoms with Gasteiger partial charge in [0.25, 0.3) is 0 Å². The van der Waals surface area contributed by atoms with Crippen LogP contribution in [0.2, 0.25) is 0 Å². The minimum atomic E-state index is -0.272. The Morgan fingerprint density at radius 2 is 1.71 bits per heavy atom. The molecule has 0 bridgehead atoms. The number of oxime groups is 1. The van der Waals surface area contributed by atoms with Gasteiger partial charge in [-0.25, -0.2) is 0 Å². The maximum Gasteiger partial charge on any atom is 0.136 e. The highest BCUT2D eigenvalue weighted by Crippen LogP contribution is 2.42. The zero-order valence-electron chi connectivity index (χ0n) is 13.8. The molecule has 0 spiro atoms. The summed E-state index contributed by atoms with van der Waals surface area (Å²) in [5.74, 6) is 2.49. The number of benzene rings is 2. The molecule has 0 aromatic heterocycles. The Morgan fingerprint density at radius 1 is 1.00 bits per heavy atom. The molecule has 0 radical (unpaired) electrons. The fourth-order valence-electron chi connectivity index (χ4n) is 2.79. The van der Waals surface area contributed by atoms with Gasteiger partial charge in [0, 0.05) is 18.6 Å². The number of hydrogen-bond acceptors (Lipinski definition) is 6. The van der Waals surface area contributed by atoms with Gasteiger partial charge in [-0.05, 0) is 17.7 Å². The van der Waals surface area contributed by atoms with Gasteiger partial charge in [-0.15, -0.1) is 0 Å². The van der Waals surface area contributed by atoms with Gasteiger partial charge in [-0.1, -0.05) is 17.3 Å². The van der Waals surface area contributed by atoms with Crippen molar-refractivity contribution >= 4 is 5.71 Å². The zero-order valence-corrected chi connectivity index (χ0v) is 13.8. The standard InChI is InChI=1S/C18H19NO5/c1-21-12-6-4-11(5-7-12)15-10-14(19-20)18-16(23-3)8-13(22-2)9-17(18)24-15/h4-9,15,20H,10H2,1-3H3/b19-14+. The molecule has 3 rings (SSSR count). The molecule has 2 aromatic carbocycles. The van der Waals surface area contributed by atoms with Gasteiger partial charge in [-0.2, -0.15) is 0 Å². The summed E-state index contributed by atoms with van der Waals surface area (Å²) in [6, 6.07) is 11.1. The molecule has 6 heteroatoms. The SMILES string of the molecule is COc1ccc(C2C/C(=N\O)c3c(OC)cc(OC)cc3O2)cc1. The topological polar surface area (TPSA) is 69.5 Å². The molecule has 24 heavy (non-hydrogen) atoms. The minimum Gasteiger partial charge on any atom is -0.497 e. The lowest BCUT2D eigenvalue weighted by atomic mass is 9.94. The smallest absolute Gasteiger partial charge is 0.136 e. The highest BCUT2D eigenvalue weighted by molar-refractivity contribution is 6.06. The van der Waals surface area contributed by atoms with Crippen molar-refractivity contribution in [2.45, 2.75) is 12.5 Å². The van der Waals surface area contributed by atoms with E-state index in [-0.39, 0.29) is 6.10 Å². The number of fused-ring (bicyclic) bond motifs is 1. The highest BCUT2D eigenvalue weighted by Gasteiger charge is 2.30. The Bertz CT molecular complexity index is 755. The summed E-state index contributed by atoms with van der Waals surface area (Å²) in [5, 5.41) is 12.9. The number of ether oxygens (including phenoxy) is 4. The van der Waals surface area contributed by atoms with Crippen molar-refractivity contribution in [2.75, 3.05) is 21.3 Å². The Labute approximate surface area is 140 Å². The maximum absolute atomic E-state index is 9.46. The fraction of sp³-hybridized carbons (Fsp3) is 0.278. The monoisotopic (exact) mass is 329 g/mol. The van der Waals surface area contributed by atoms with Crippen molar-refractivity contribution in [3.8, 4) is 23.0 Å². The first-order valence-electron chi connectivity index (χ1n) is 7.48. The van der Waals surface area contributed by atoms with Gasteiger partial charge >= 0.3 is 0 Å². The molecule has 1 heterocycles. The van der Waals surface area contributed by atoms with Crippen molar-refractivity contribution < 1.29 is 24.2 Å². The first kappa shape index (κ1) is 16.0. The van der Waals surface area contributed by atoms with Gasteiger partial charge in [0.15, 0.2) is 0 Å². The first-order valence-corrected chi connectivity index (χ1v) is 7.48. The largest absolute Gasteiger partial charge is 0.497 e. The normalized spacial score (nSPS) is 17.8. The van der Waals surface area contributed by atoms with Crippen LogP contribution in [0, 0.1) is 0 Å². The summed E-state index contributed by atoms with van der Waals surface area (Å²) >= 11 is 0. The van der Waals surface area contributed by atoms with Crippen molar-refractivity contribution in [1.82, 2.24) is 0 Å². The fourth-order valence-corrected chi connectivity index (χ4v) is 2.79. The molecule has 0 amide bonds. The molecule has 1 aliphatic rings. The van der Waals surface area contributed by atoms with Crippen molar-refractivity contribution in [2.24, 2.45) is 5.16 Å². The van der Waals surface area contributed by atoms with Crippen LogP contribution in [0.15, 0.2) is 41.6 Å². The first-order chi connectivity index (χ1) is 11.7. The van der Waals surface area contributed by atoms with Gasteiger partial charge in [0.05, 0.1) is 32.6 Å². The molecule has 0 aliphatic carbocycles. The van der Waals surface area contributed by atoms with Gasteiger partial charge in [-0.3, -0.25) is 0 Å². The van der Waals surface area contributed by atoms with Crippen LogP contribution >= 0.6 is 0 Å². The lowest BCUT2D eigenvalue weighted by Crippen LogP contribution is -2.22. The molecule has 126 valence electrons. The molecule has 1 unspecified atom stereocenters. The molecule has 0 saturated carbocycles. The summed E-state index contributed by atoms with van der Waals surface area (Å²) < 4.78 is 22.0. The Balaban J connectivity index is 2.02. The average Bonchev–Trinajstić information content (AvgIpc) is 2.65. The molecule has 0 saturated heterocycles. The van der Waals surface area contributed by atoms with Crippen LogP contribution in [0.5, 0.6) is 23.0 Å². The highest BCUT2D eigenvalue weighted by atomic mass is 16.5. The van der Waals surface area contributed by atoms with E-state index in [0.29, 0.717) is 34.9 Å². The average molecular weight is 329 g/mol. The lowest BCUT2D eigenvalue weighted by molar-refractivity contribution is 0.200. The summed E-state index contributed by atoms with van der Waals surface area (Å²) in [5.41, 5.74) is 2.12. The van der Waals surface area contributed by atoms with E-state index in [1.165, 1.54) is 0 Å². The van der Waals surface area contributed by atoms with Gasteiger partial charge in [0.1, 0.15) is 29.1 Å². The maximum atomic E-state index is 9.46. The third kappa shape index (κ3) is 2.82. The quantitative estimate of drug-likeness (QED) is 0.687. The minimum absolute atomic E-state index is 0.272. The van der Waals surface area contributed by atoms with Crippen LogP contribution < -0.4 is 18.9 Å². The van der Waals surface area contributed by atoms with E-state index >= 15 is 0 Å². The van der Waals surface area contributed by atoms with E-state index in [1.807, 2.05) is 24.3 Å². The molecule has 6 nitrogen and oxygen atoms in total. The van der Waals surface area contributed by atoms with E-state index in [9.17, 15) is 5.21 Å². The Hall–Kier alpha value is -2.89. The molecular weight excluding hydrogens is 310 g/mol. The van der Waals surface area contributed by atoms with Gasteiger partial charge in [0.2, 0.25) is 0 Å². The van der Waals surface area contributed by atoms with E-state index in [4.69, 9.17) is 18.9 Å². The third-order valence-electron chi connectivity index (χ3n) is 4.04. The molecule has 1 aliphatic heterocycles. The second-order valence-corrected chi connectivity index (χ2v) is 5.33. The van der Waals surface area contributed by atoms with Crippen LogP contribution in [0.3, 0.4) is 0 Å². The Kier molecular flexibility index (Phi) is 4.46. The van der Waals surface area contributed by atoms with Crippen LogP contribution in [-0.2, 0) is 0 Å². The zero-order chi connectivity index (χ0) is 17.1. The molecular formula is C18H19NO5. The number of hydrogen-bond donors (Lipinski definition) is 1. The molecule has 0 fully saturated rings. The summed E-state index contributed by atoms with van der Waals surface area (Å²) in [4.78, 5) is 0. The summed E-state index contributed by atoms with van der Waals surface area (Å²) in [7, 11) is 4.75. The van der Waals surface area contributed by atoms with Crippen LogP contribution in [0.25, 0.3) is 0 Å².